The molecule has 2 aromatic rings. The average molecular weight is 191 g/mol. The summed E-state index contributed by atoms with van der Waals surface area (Å²) in [5.74, 6) is 0.807. The highest BCUT2D eigenvalue weighted by Crippen LogP contribution is 2.24. The molecule has 1 aromatic carbocycles. The molecule has 0 amide bonds. The molecule has 4 nitrogen and oxygen atoms in total. The van der Waals surface area contributed by atoms with Gasteiger partial charge in [-0.2, -0.15) is 5.10 Å². The molecule has 1 heterocycles. The molecule has 0 aliphatic heterocycles. The van der Waals surface area contributed by atoms with Gasteiger partial charge >= 0.3 is 0 Å². The molecule has 2 rings (SSSR count). The number of hydrogen-bond donors (Lipinski definition) is 2. The van der Waals surface area contributed by atoms with Gasteiger partial charge in [-0.3, -0.25) is 5.10 Å². The minimum absolute atomic E-state index is 0.781. The van der Waals surface area contributed by atoms with Crippen molar-refractivity contribution in [3.8, 4) is 5.75 Å². The van der Waals surface area contributed by atoms with Gasteiger partial charge in [0.15, 0.2) is 0 Å². The van der Waals surface area contributed by atoms with Gasteiger partial charge in [-0.1, -0.05) is 12.1 Å². The van der Waals surface area contributed by atoms with E-state index in [1.54, 1.807) is 7.11 Å². The third kappa shape index (κ3) is 1.33. The van der Waals surface area contributed by atoms with E-state index in [1.165, 1.54) is 0 Å². The Kier molecular flexibility index (Phi) is 2.37. The van der Waals surface area contributed by atoms with Crippen LogP contribution in [-0.2, 0) is 6.54 Å². The van der Waals surface area contributed by atoms with Crippen LogP contribution < -0.4 is 10.1 Å². The van der Waals surface area contributed by atoms with Gasteiger partial charge in [0, 0.05) is 11.9 Å². The zero-order chi connectivity index (χ0) is 9.97. The highest BCUT2D eigenvalue weighted by atomic mass is 16.5. The summed E-state index contributed by atoms with van der Waals surface area (Å²) in [7, 11) is 3.56. The van der Waals surface area contributed by atoms with Gasteiger partial charge in [-0.25, -0.2) is 0 Å². The van der Waals surface area contributed by atoms with Crippen LogP contribution in [0.2, 0.25) is 0 Å². The maximum absolute atomic E-state index is 5.22. The second-order valence-corrected chi connectivity index (χ2v) is 3.09. The minimum atomic E-state index is 0.781. The van der Waals surface area contributed by atoms with E-state index in [0.717, 1.165) is 28.9 Å². The van der Waals surface area contributed by atoms with Crippen LogP contribution in [0.15, 0.2) is 18.2 Å². The molecule has 0 aliphatic carbocycles. The van der Waals surface area contributed by atoms with Crippen LogP contribution in [0, 0.1) is 0 Å². The predicted octanol–water partition coefficient (Wildman–Crippen LogP) is 1.29. The van der Waals surface area contributed by atoms with Gasteiger partial charge in [-0.05, 0) is 13.1 Å². The second kappa shape index (κ2) is 3.67. The molecule has 2 N–H and O–H groups in total. The Labute approximate surface area is 82.3 Å². The minimum Gasteiger partial charge on any atom is -0.494 e. The van der Waals surface area contributed by atoms with E-state index >= 15 is 0 Å². The number of hydrogen-bond acceptors (Lipinski definition) is 3. The van der Waals surface area contributed by atoms with Crippen molar-refractivity contribution in [1.29, 1.82) is 0 Å². The molecule has 0 saturated heterocycles. The fourth-order valence-electron chi connectivity index (χ4n) is 1.54. The van der Waals surface area contributed by atoms with E-state index in [-0.39, 0.29) is 0 Å². The van der Waals surface area contributed by atoms with E-state index in [0.29, 0.717) is 0 Å². The Bertz CT molecular complexity index is 436. The first kappa shape index (κ1) is 9.02. The van der Waals surface area contributed by atoms with Crippen molar-refractivity contribution >= 4 is 10.9 Å². The lowest BCUT2D eigenvalue weighted by atomic mass is 10.2. The van der Waals surface area contributed by atoms with Gasteiger partial charge in [-0.15, -0.1) is 0 Å². The van der Waals surface area contributed by atoms with Crippen LogP contribution in [0.5, 0.6) is 5.75 Å². The summed E-state index contributed by atoms with van der Waals surface area (Å²) < 4.78 is 5.22. The van der Waals surface area contributed by atoms with Crippen LogP contribution in [0.4, 0.5) is 0 Å². The monoisotopic (exact) mass is 191 g/mol. The first-order valence-electron chi connectivity index (χ1n) is 4.51. The summed E-state index contributed by atoms with van der Waals surface area (Å²) in [6.07, 6.45) is 0. The van der Waals surface area contributed by atoms with Gasteiger partial charge < -0.3 is 10.1 Å². The Morgan fingerprint density at radius 3 is 3.07 bits per heavy atom. The van der Waals surface area contributed by atoms with Crippen molar-refractivity contribution in [2.75, 3.05) is 14.2 Å². The number of H-pyrrole nitrogens is 1. The van der Waals surface area contributed by atoms with Crippen molar-refractivity contribution in [2.45, 2.75) is 6.54 Å². The third-order valence-electron chi connectivity index (χ3n) is 2.20. The molecule has 4 heteroatoms. The van der Waals surface area contributed by atoms with Gasteiger partial charge in [0.05, 0.1) is 12.8 Å². The fraction of sp³-hybridized carbons (Fsp3) is 0.300. The third-order valence-corrected chi connectivity index (χ3v) is 2.20. The van der Waals surface area contributed by atoms with Crippen molar-refractivity contribution in [3.63, 3.8) is 0 Å². The highest BCUT2D eigenvalue weighted by Gasteiger charge is 2.07. The van der Waals surface area contributed by atoms with Crippen molar-refractivity contribution in [2.24, 2.45) is 0 Å². The largest absolute Gasteiger partial charge is 0.494 e. The van der Waals surface area contributed by atoms with E-state index in [4.69, 9.17) is 4.74 Å². The highest BCUT2D eigenvalue weighted by molar-refractivity contribution is 5.86. The molecule has 14 heavy (non-hydrogen) atoms. The van der Waals surface area contributed by atoms with Crippen molar-refractivity contribution < 1.29 is 4.74 Å². The van der Waals surface area contributed by atoms with Gasteiger partial charge in [0.1, 0.15) is 11.3 Å². The molecule has 0 bridgehead atoms. The maximum atomic E-state index is 5.22. The number of ether oxygens (including phenoxy) is 1. The number of fused-ring (bicyclic) bond motifs is 1. The summed E-state index contributed by atoms with van der Waals surface area (Å²) in [4.78, 5) is 0. The molecular formula is C10H13N3O. The molecule has 0 fully saturated rings. The standard InChI is InChI=1S/C10H13N3O/c1-11-6-8-7-4-3-5-9(14-2)10(7)13-12-8/h3-5,11H,6H2,1-2H3,(H,12,13). The van der Waals surface area contributed by atoms with Crippen molar-refractivity contribution in [1.82, 2.24) is 15.5 Å². The summed E-state index contributed by atoms with van der Waals surface area (Å²) in [6, 6.07) is 5.91. The topological polar surface area (TPSA) is 49.9 Å². The van der Waals surface area contributed by atoms with Crippen LogP contribution in [0.3, 0.4) is 0 Å². The quantitative estimate of drug-likeness (QED) is 0.768. The van der Waals surface area contributed by atoms with E-state index in [1.807, 2.05) is 25.2 Å². The molecule has 1 aromatic heterocycles. The lowest BCUT2D eigenvalue weighted by molar-refractivity contribution is 0.419. The summed E-state index contributed by atoms with van der Waals surface area (Å²) >= 11 is 0. The molecule has 0 spiro atoms. The lowest BCUT2D eigenvalue weighted by Gasteiger charge is -1.99. The predicted molar refractivity (Wildman–Crippen MR) is 55.4 cm³/mol. The fourth-order valence-corrected chi connectivity index (χ4v) is 1.54. The smallest absolute Gasteiger partial charge is 0.146 e. The molecule has 0 aliphatic rings. The van der Waals surface area contributed by atoms with E-state index in [9.17, 15) is 0 Å². The Morgan fingerprint density at radius 1 is 1.50 bits per heavy atom. The number of rotatable bonds is 3. The Hall–Kier alpha value is -1.55. The van der Waals surface area contributed by atoms with Gasteiger partial charge in [0.2, 0.25) is 0 Å². The molecule has 0 atom stereocenters. The first-order chi connectivity index (χ1) is 6.86. The summed E-state index contributed by atoms with van der Waals surface area (Å²) in [6.45, 7) is 0.781. The first-order valence-corrected chi connectivity index (χ1v) is 4.51. The number of para-hydroxylation sites is 1. The normalized spacial score (nSPS) is 10.7. The summed E-state index contributed by atoms with van der Waals surface area (Å²) in [5.41, 5.74) is 1.97. The van der Waals surface area contributed by atoms with Gasteiger partial charge in [0.25, 0.3) is 0 Å². The molecular weight excluding hydrogens is 178 g/mol. The number of benzene rings is 1. The zero-order valence-corrected chi connectivity index (χ0v) is 8.29. The van der Waals surface area contributed by atoms with E-state index < -0.39 is 0 Å². The Morgan fingerprint density at radius 2 is 2.36 bits per heavy atom. The number of aromatic amines is 1. The number of nitrogens with zero attached hydrogens (tertiary/aromatic N) is 1. The van der Waals surface area contributed by atoms with E-state index in [2.05, 4.69) is 15.5 Å². The van der Waals surface area contributed by atoms with Crippen molar-refractivity contribution in [3.05, 3.63) is 23.9 Å². The molecule has 0 unspecified atom stereocenters. The molecule has 0 radical (unpaired) electrons. The van der Waals surface area contributed by atoms with Crippen LogP contribution in [-0.4, -0.2) is 24.4 Å². The van der Waals surface area contributed by atoms with Crippen LogP contribution in [0.25, 0.3) is 10.9 Å². The average Bonchev–Trinajstić information content (AvgIpc) is 2.62. The van der Waals surface area contributed by atoms with Crippen LogP contribution in [0.1, 0.15) is 5.69 Å². The Balaban J connectivity index is 2.57. The summed E-state index contributed by atoms with van der Waals surface area (Å²) in [5, 5.41) is 11.4. The zero-order valence-electron chi connectivity index (χ0n) is 8.29. The second-order valence-electron chi connectivity index (χ2n) is 3.09. The lowest BCUT2D eigenvalue weighted by Crippen LogP contribution is -2.05. The molecule has 74 valence electrons. The number of aromatic nitrogens is 2. The maximum Gasteiger partial charge on any atom is 0.146 e. The number of methoxy groups -OCH3 is 1. The van der Waals surface area contributed by atoms with Crippen LogP contribution >= 0.6 is 0 Å². The molecule has 0 saturated carbocycles. The SMILES string of the molecule is CNCc1[nH]nc2c(OC)cccc12. The number of nitrogens with one attached hydrogen (secondary N) is 2.